The fourth-order valence-corrected chi connectivity index (χ4v) is 2.08. The maximum absolute atomic E-state index is 12.0. The first-order valence-electron chi connectivity index (χ1n) is 7.01. The lowest BCUT2D eigenvalue weighted by Crippen LogP contribution is -2.23. The molecular formula is C15H18N4O3. The third kappa shape index (κ3) is 4.15. The van der Waals surface area contributed by atoms with Crippen molar-refractivity contribution in [2.75, 3.05) is 0 Å². The van der Waals surface area contributed by atoms with Gasteiger partial charge in [0.2, 0.25) is 0 Å². The van der Waals surface area contributed by atoms with E-state index < -0.39 is 4.92 Å². The predicted molar refractivity (Wildman–Crippen MR) is 81.4 cm³/mol. The maximum Gasteiger partial charge on any atom is 0.272 e. The van der Waals surface area contributed by atoms with Crippen molar-refractivity contribution in [1.29, 1.82) is 0 Å². The van der Waals surface area contributed by atoms with Gasteiger partial charge < -0.3 is 5.32 Å². The van der Waals surface area contributed by atoms with Gasteiger partial charge in [-0.1, -0.05) is 26.0 Å². The lowest BCUT2D eigenvalue weighted by Gasteiger charge is -2.03. The van der Waals surface area contributed by atoms with Gasteiger partial charge in [0.15, 0.2) is 0 Å². The van der Waals surface area contributed by atoms with Crippen LogP contribution in [0.15, 0.2) is 30.3 Å². The fourth-order valence-electron chi connectivity index (χ4n) is 2.08. The Kier molecular flexibility index (Phi) is 4.88. The van der Waals surface area contributed by atoms with Crippen LogP contribution in [0.3, 0.4) is 0 Å². The highest BCUT2D eigenvalue weighted by Gasteiger charge is 2.12. The van der Waals surface area contributed by atoms with Gasteiger partial charge in [-0.25, -0.2) is 0 Å². The molecule has 0 aliphatic heterocycles. The second-order valence-corrected chi connectivity index (χ2v) is 5.49. The van der Waals surface area contributed by atoms with Crippen LogP contribution in [0.1, 0.15) is 35.6 Å². The van der Waals surface area contributed by atoms with Gasteiger partial charge in [-0.05, 0) is 24.0 Å². The SMILES string of the molecule is CC(C)Cc1cc(C(=O)NCc2cccc([N+](=O)[O-])c2)n[nH]1. The number of carbonyl (C=O) groups is 1. The van der Waals surface area contributed by atoms with Crippen LogP contribution in [0.2, 0.25) is 0 Å². The zero-order valence-electron chi connectivity index (χ0n) is 12.5. The second-order valence-electron chi connectivity index (χ2n) is 5.49. The third-order valence-corrected chi connectivity index (χ3v) is 3.07. The average molecular weight is 302 g/mol. The van der Waals surface area contributed by atoms with E-state index in [-0.39, 0.29) is 18.1 Å². The summed E-state index contributed by atoms with van der Waals surface area (Å²) >= 11 is 0. The Hall–Kier alpha value is -2.70. The first-order valence-corrected chi connectivity index (χ1v) is 7.01. The highest BCUT2D eigenvalue weighted by Crippen LogP contribution is 2.13. The number of benzene rings is 1. The highest BCUT2D eigenvalue weighted by molar-refractivity contribution is 5.92. The number of hydrogen-bond acceptors (Lipinski definition) is 4. The largest absolute Gasteiger partial charge is 0.347 e. The number of aromatic nitrogens is 2. The molecule has 0 unspecified atom stereocenters. The van der Waals surface area contributed by atoms with Crippen molar-refractivity contribution in [3.8, 4) is 0 Å². The van der Waals surface area contributed by atoms with Gasteiger partial charge in [0.05, 0.1) is 4.92 Å². The number of hydrogen-bond donors (Lipinski definition) is 2. The highest BCUT2D eigenvalue weighted by atomic mass is 16.6. The van der Waals surface area contributed by atoms with E-state index in [1.807, 2.05) is 0 Å². The summed E-state index contributed by atoms with van der Waals surface area (Å²) in [5.41, 5.74) is 1.91. The first kappa shape index (κ1) is 15.7. The topological polar surface area (TPSA) is 101 Å². The molecule has 1 heterocycles. The summed E-state index contributed by atoms with van der Waals surface area (Å²) < 4.78 is 0. The van der Waals surface area contributed by atoms with Crippen molar-refractivity contribution in [3.05, 3.63) is 57.4 Å². The third-order valence-electron chi connectivity index (χ3n) is 3.07. The number of non-ortho nitro benzene ring substituents is 1. The molecule has 0 bridgehead atoms. The number of nitrogens with one attached hydrogen (secondary N) is 2. The Bertz CT molecular complexity index is 679. The van der Waals surface area contributed by atoms with Gasteiger partial charge >= 0.3 is 0 Å². The number of nitrogens with zero attached hydrogens (tertiary/aromatic N) is 2. The molecule has 0 atom stereocenters. The summed E-state index contributed by atoms with van der Waals surface area (Å²) in [6.45, 7) is 4.39. The minimum absolute atomic E-state index is 0.00531. The molecule has 2 aromatic rings. The molecule has 0 spiro atoms. The van der Waals surface area contributed by atoms with Crippen molar-refractivity contribution in [2.45, 2.75) is 26.8 Å². The minimum Gasteiger partial charge on any atom is -0.347 e. The number of rotatable bonds is 6. The van der Waals surface area contributed by atoms with E-state index in [0.717, 1.165) is 12.1 Å². The summed E-state index contributed by atoms with van der Waals surface area (Å²) in [5.74, 6) is 0.166. The van der Waals surface area contributed by atoms with Crippen molar-refractivity contribution < 1.29 is 9.72 Å². The number of nitro groups is 1. The van der Waals surface area contributed by atoms with E-state index in [1.165, 1.54) is 12.1 Å². The van der Waals surface area contributed by atoms with Crippen LogP contribution in [-0.4, -0.2) is 21.0 Å². The Labute approximate surface area is 127 Å². The van der Waals surface area contributed by atoms with Crippen LogP contribution in [0.25, 0.3) is 0 Å². The zero-order valence-corrected chi connectivity index (χ0v) is 12.5. The lowest BCUT2D eigenvalue weighted by molar-refractivity contribution is -0.384. The lowest BCUT2D eigenvalue weighted by atomic mass is 10.1. The van der Waals surface area contributed by atoms with Gasteiger partial charge in [0, 0.05) is 24.4 Å². The fraction of sp³-hybridized carbons (Fsp3) is 0.333. The summed E-state index contributed by atoms with van der Waals surface area (Å²) in [6, 6.07) is 7.89. The summed E-state index contributed by atoms with van der Waals surface area (Å²) in [7, 11) is 0. The van der Waals surface area contributed by atoms with Gasteiger partial charge in [-0.15, -0.1) is 0 Å². The van der Waals surface area contributed by atoms with Crippen molar-refractivity contribution >= 4 is 11.6 Å². The molecule has 1 amide bonds. The quantitative estimate of drug-likeness (QED) is 0.632. The van der Waals surface area contributed by atoms with Crippen LogP contribution < -0.4 is 5.32 Å². The standard InChI is InChI=1S/C15H18N4O3/c1-10(2)6-12-8-14(18-17-12)15(20)16-9-11-4-3-5-13(7-11)19(21)22/h3-5,7-8,10H,6,9H2,1-2H3,(H,16,20)(H,17,18). The summed E-state index contributed by atoms with van der Waals surface area (Å²) in [6.07, 6.45) is 0.825. The molecule has 0 saturated carbocycles. The molecule has 1 aromatic heterocycles. The number of amides is 1. The van der Waals surface area contributed by atoms with Crippen LogP contribution in [0.5, 0.6) is 0 Å². The zero-order chi connectivity index (χ0) is 16.1. The maximum atomic E-state index is 12.0. The normalized spacial score (nSPS) is 10.7. The van der Waals surface area contributed by atoms with Crippen LogP contribution >= 0.6 is 0 Å². The van der Waals surface area contributed by atoms with E-state index in [9.17, 15) is 14.9 Å². The van der Waals surface area contributed by atoms with Crippen LogP contribution in [-0.2, 0) is 13.0 Å². The number of carbonyl (C=O) groups excluding carboxylic acids is 1. The number of H-pyrrole nitrogens is 1. The van der Waals surface area contributed by atoms with Gasteiger partial charge in [-0.3, -0.25) is 20.0 Å². The number of aromatic amines is 1. The Balaban J connectivity index is 1.96. The molecule has 0 aliphatic rings. The molecule has 0 radical (unpaired) electrons. The molecule has 0 saturated heterocycles. The van der Waals surface area contributed by atoms with Gasteiger partial charge in [0.25, 0.3) is 11.6 Å². The monoisotopic (exact) mass is 302 g/mol. The molecule has 2 N–H and O–H groups in total. The van der Waals surface area contributed by atoms with Crippen molar-refractivity contribution in [3.63, 3.8) is 0 Å². The Morgan fingerprint density at radius 3 is 2.86 bits per heavy atom. The molecule has 2 rings (SSSR count). The Morgan fingerprint density at radius 1 is 1.41 bits per heavy atom. The predicted octanol–water partition coefficient (Wildman–Crippen LogP) is 2.45. The van der Waals surface area contributed by atoms with Crippen LogP contribution in [0, 0.1) is 16.0 Å². The summed E-state index contributed by atoms with van der Waals surface area (Å²) in [4.78, 5) is 22.3. The molecule has 7 nitrogen and oxygen atoms in total. The average Bonchev–Trinajstić information content (AvgIpc) is 2.92. The Morgan fingerprint density at radius 2 is 2.18 bits per heavy atom. The smallest absolute Gasteiger partial charge is 0.272 e. The van der Waals surface area contributed by atoms with E-state index in [4.69, 9.17) is 0 Å². The molecule has 0 fully saturated rings. The first-order chi connectivity index (χ1) is 10.5. The summed E-state index contributed by atoms with van der Waals surface area (Å²) in [5, 5.41) is 20.2. The molecule has 116 valence electrons. The van der Waals surface area contributed by atoms with Crippen molar-refractivity contribution in [2.24, 2.45) is 5.92 Å². The van der Waals surface area contributed by atoms with E-state index in [0.29, 0.717) is 17.2 Å². The second kappa shape index (κ2) is 6.84. The molecule has 0 aliphatic carbocycles. The molecule has 7 heteroatoms. The molecule has 22 heavy (non-hydrogen) atoms. The van der Waals surface area contributed by atoms with Crippen LogP contribution in [0.4, 0.5) is 5.69 Å². The number of nitro benzene ring substituents is 1. The van der Waals surface area contributed by atoms with Gasteiger partial charge in [-0.2, -0.15) is 5.10 Å². The van der Waals surface area contributed by atoms with Gasteiger partial charge in [0.1, 0.15) is 5.69 Å². The van der Waals surface area contributed by atoms with E-state index in [1.54, 1.807) is 18.2 Å². The van der Waals surface area contributed by atoms with Crippen molar-refractivity contribution in [1.82, 2.24) is 15.5 Å². The minimum atomic E-state index is -0.461. The molecule has 1 aromatic carbocycles. The van der Waals surface area contributed by atoms with E-state index in [2.05, 4.69) is 29.4 Å². The van der Waals surface area contributed by atoms with E-state index >= 15 is 0 Å². The molecular weight excluding hydrogens is 284 g/mol.